The fourth-order valence-electron chi connectivity index (χ4n) is 7.43. The van der Waals surface area contributed by atoms with Crippen LogP contribution in [0.5, 0.6) is 0 Å². The van der Waals surface area contributed by atoms with Crippen molar-refractivity contribution in [3.05, 3.63) is 144 Å². The zero-order valence-electron chi connectivity index (χ0n) is 25.4. The van der Waals surface area contributed by atoms with Gasteiger partial charge in [-0.25, -0.2) is 4.98 Å². The van der Waals surface area contributed by atoms with Crippen molar-refractivity contribution in [3.8, 4) is 33.5 Å². The van der Waals surface area contributed by atoms with Crippen molar-refractivity contribution in [3.63, 3.8) is 0 Å². The quantitative estimate of drug-likeness (QED) is 0.195. The Kier molecular flexibility index (Phi) is 5.54. The molecule has 0 bridgehead atoms. The number of furan rings is 1. The van der Waals surface area contributed by atoms with Gasteiger partial charge in [0.1, 0.15) is 16.8 Å². The summed E-state index contributed by atoms with van der Waals surface area (Å²) in [6, 6.07) is 43.5. The maximum atomic E-state index is 6.34. The van der Waals surface area contributed by atoms with E-state index in [2.05, 4.69) is 134 Å². The minimum atomic E-state index is 0.914. The van der Waals surface area contributed by atoms with E-state index in [0.29, 0.717) is 0 Å². The lowest BCUT2D eigenvalue weighted by molar-refractivity contribution is 0.670. The summed E-state index contributed by atoms with van der Waals surface area (Å²) in [5.41, 5.74) is 14.8. The molecule has 3 heteroatoms. The molecule has 0 aliphatic rings. The predicted octanol–water partition coefficient (Wildman–Crippen LogP) is 11.5. The standard InChI is InChI=1S/C42H30N2O/c1-25-21-26(2)40(27(3)22-25)30-19-20-37-36(23-30)32-9-4-5-11-35(32)42-43-24-38(44(37)42)29-17-15-28(16-18-29)31-12-8-13-34-33-10-6-7-14-39(33)45-41(31)34/h4-24H,1-3H3. The van der Waals surface area contributed by atoms with Gasteiger partial charge in [0.15, 0.2) is 0 Å². The SMILES string of the molecule is Cc1cc(C)c(-c2ccc3c(c2)c2ccccc2c2ncc(-c4ccc(-c5cccc6c5oc5ccccc56)cc4)n32)c(C)c1. The van der Waals surface area contributed by atoms with Crippen LogP contribution >= 0.6 is 0 Å². The molecule has 0 aliphatic carbocycles. The second kappa shape index (κ2) is 9.67. The first-order chi connectivity index (χ1) is 22.0. The molecule has 0 saturated heterocycles. The van der Waals surface area contributed by atoms with E-state index in [4.69, 9.17) is 9.40 Å². The fraction of sp³-hybridized carbons (Fsp3) is 0.0714. The van der Waals surface area contributed by atoms with E-state index in [9.17, 15) is 0 Å². The Labute approximate surface area is 261 Å². The number of aromatic nitrogens is 2. The molecule has 0 atom stereocenters. The highest BCUT2D eigenvalue weighted by molar-refractivity contribution is 6.13. The number of fused-ring (bicyclic) bond motifs is 9. The predicted molar refractivity (Wildman–Crippen MR) is 188 cm³/mol. The topological polar surface area (TPSA) is 30.4 Å². The fourth-order valence-corrected chi connectivity index (χ4v) is 7.43. The van der Waals surface area contributed by atoms with E-state index in [1.807, 2.05) is 18.3 Å². The number of aryl methyl sites for hydroxylation is 3. The van der Waals surface area contributed by atoms with E-state index in [1.54, 1.807) is 0 Å². The second-order valence-electron chi connectivity index (χ2n) is 12.2. The van der Waals surface area contributed by atoms with Gasteiger partial charge in [0.25, 0.3) is 0 Å². The summed E-state index contributed by atoms with van der Waals surface area (Å²) in [4.78, 5) is 4.99. The average molecular weight is 579 g/mol. The van der Waals surface area contributed by atoms with Crippen molar-refractivity contribution in [1.29, 1.82) is 0 Å². The van der Waals surface area contributed by atoms with E-state index < -0.39 is 0 Å². The van der Waals surface area contributed by atoms with Gasteiger partial charge in [-0.05, 0) is 72.2 Å². The summed E-state index contributed by atoms with van der Waals surface area (Å²) < 4.78 is 8.66. The Morgan fingerprint density at radius 1 is 0.556 bits per heavy atom. The van der Waals surface area contributed by atoms with Crippen LogP contribution in [0.1, 0.15) is 16.7 Å². The Morgan fingerprint density at radius 3 is 2.02 bits per heavy atom. The van der Waals surface area contributed by atoms with Gasteiger partial charge >= 0.3 is 0 Å². The van der Waals surface area contributed by atoms with Crippen LogP contribution in [-0.2, 0) is 0 Å². The summed E-state index contributed by atoms with van der Waals surface area (Å²) in [7, 11) is 0. The minimum Gasteiger partial charge on any atom is -0.455 e. The lowest BCUT2D eigenvalue weighted by Crippen LogP contribution is -1.95. The normalized spacial score (nSPS) is 11.9. The van der Waals surface area contributed by atoms with Gasteiger partial charge < -0.3 is 4.42 Å². The van der Waals surface area contributed by atoms with Crippen LogP contribution in [0.3, 0.4) is 0 Å². The molecule has 0 spiro atoms. The third-order valence-electron chi connectivity index (χ3n) is 9.32. The Morgan fingerprint density at radius 2 is 1.22 bits per heavy atom. The van der Waals surface area contributed by atoms with E-state index >= 15 is 0 Å². The molecule has 214 valence electrons. The van der Waals surface area contributed by atoms with Crippen molar-refractivity contribution >= 4 is 49.3 Å². The largest absolute Gasteiger partial charge is 0.455 e. The van der Waals surface area contributed by atoms with Crippen LogP contribution in [0.4, 0.5) is 0 Å². The van der Waals surface area contributed by atoms with Crippen molar-refractivity contribution in [2.75, 3.05) is 0 Å². The summed E-state index contributed by atoms with van der Waals surface area (Å²) in [5, 5.41) is 5.88. The summed E-state index contributed by atoms with van der Waals surface area (Å²) >= 11 is 0. The molecular formula is C42H30N2O. The molecule has 0 amide bonds. The number of imidazole rings is 1. The van der Waals surface area contributed by atoms with Crippen LogP contribution in [0.2, 0.25) is 0 Å². The molecule has 9 rings (SSSR count). The third kappa shape index (κ3) is 3.87. The van der Waals surface area contributed by atoms with Crippen molar-refractivity contribution in [2.24, 2.45) is 0 Å². The summed E-state index contributed by atoms with van der Waals surface area (Å²) in [6.45, 7) is 6.60. The molecule has 3 heterocycles. The van der Waals surface area contributed by atoms with Crippen LogP contribution in [0.25, 0.3) is 82.8 Å². The zero-order valence-corrected chi connectivity index (χ0v) is 25.4. The zero-order chi connectivity index (χ0) is 30.2. The first-order valence-corrected chi connectivity index (χ1v) is 15.5. The molecular weight excluding hydrogens is 548 g/mol. The summed E-state index contributed by atoms with van der Waals surface area (Å²) in [6.07, 6.45) is 2.01. The molecule has 9 aromatic rings. The molecule has 0 aliphatic heterocycles. The van der Waals surface area contributed by atoms with Gasteiger partial charge in [-0.1, -0.05) is 109 Å². The Bertz CT molecular complexity index is 2600. The molecule has 3 aromatic heterocycles. The van der Waals surface area contributed by atoms with Gasteiger partial charge in [-0.3, -0.25) is 4.40 Å². The van der Waals surface area contributed by atoms with Crippen molar-refractivity contribution < 1.29 is 4.42 Å². The number of hydrogen-bond donors (Lipinski definition) is 0. The molecule has 45 heavy (non-hydrogen) atoms. The van der Waals surface area contributed by atoms with Gasteiger partial charge in [-0.2, -0.15) is 0 Å². The number of nitrogens with zero attached hydrogens (tertiary/aromatic N) is 2. The maximum Gasteiger partial charge on any atom is 0.145 e. The number of pyridine rings is 1. The highest BCUT2D eigenvalue weighted by Crippen LogP contribution is 2.39. The summed E-state index contributed by atoms with van der Waals surface area (Å²) in [5.74, 6) is 0. The Balaban J connectivity index is 1.23. The molecule has 3 nitrogen and oxygen atoms in total. The van der Waals surface area contributed by atoms with E-state index in [-0.39, 0.29) is 0 Å². The molecule has 0 N–H and O–H groups in total. The first kappa shape index (κ1) is 25.8. The average Bonchev–Trinajstić information content (AvgIpc) is 3.67. The van der Waals surface area contributed by atoms with Gasteiger partial charge in [-0.15, -0.1) is 0 Å². The maximum absolute atomic E-state index is 6.34. The highest BCUT2D eigenvalue weighted by Gasteiger charge is 2.17. The molecule has 0 saturated carbocycles. The molecule has 6 aromatic carbocycles. The number of rotatable bonds is 3. The van der Waals surface area contributed by atoms with Crippen LogP contribution < -0.4 is 0 Å². The minimum absolute atomic E-state index is 0.914. The third-order valence-corrected chi connectivity index (χ3v) is 9.32. The number of benzene rings is 6. The van der Waals surface area contributed by atoms with E-state index in [0.717, 1.165) is 60.9 Å². The van der Waals surface area contributed by atoms with Gasteiger partial charge in [0.05, 0.1) is 17.4 Å². The van der Waals surface area contributed by atoms with Crippen LogP contribution in [0, 0.1) is 20.8 Å². The monoisotopic (exact) mass is 578 g/mol. The smallest absolute Gasteiger partial charge is 0.145 e. The van der Waals surface area contributed by atoms with Crippen LogP contribution in [0.15, 0.2) is 132 Å². The number of para-hydroxylation sites is 2. The molecule has 0 fully saturated rings. The first-order valence-electron chi connectivity index (χ1n) is 15.5. The Hall–Kier alpha value is -5.67. The molecule has 0 radical (unpaired) electrons. The van der Waals surface area contributed by atoms with Crippen molar-refractivity contribution in [2.45, 2.75) is 20.8 Å². The van der Waals surface area contributed by atoms with E-state index in [1.165, 1.54) is 38.6 Å². The van der Waals surface area contributed by atoms with Gasteiger partial charge in [0, 0.05) is 32.7 Å². The molecule has 0 unspecified atom stereocenters. The van der Waals surface area contributed by atoms with Crippen LogP contribution in [-0.4, -0.2) is 9.38 Å². The van der Waals surface area contributed by atoms with Crippen molar-refractivity contribution in [1.82, 2.24) is 9.38 Å². The van der Waals surface area contributed by atoms with Gasteiger partial charge in [0.2, 0.25) is 0 Å². The highest BCUT2D eigenvalue weighted by atomic mass is 16.3. The second-order valence-corrected chi connectivity index (χ2v) is 12.2. The lowest BCUT2D eigenvalue weighted by atomic mass is 9.92. The number of hydrogen-bond acceptors (Lipinski definition) is 2. The lowest BCUT2D eigenvalue weighted by Gasteiger charge is -2.15.